The number of aromatic nitrogens is 4. The van der Waals surface area contributed by atoms with E-state index < -0.39 is 0 Å². The second kappa shape index (κ2) is 7.08. The van der Waals surface area contributed by atoms with Crippen LogP contribution in [0.5, 0.6) is 0 Å². The van der Waals surface area contributed by atoms with Crippen molar-refractivity contribution in [2.24, 2.45) is 0 Å². The normalized spacial score (nSPS) is 14.7. The van der Waals surface area contributed by atoms with Crippen LogP contribution in [0.25, 0.3) is 0 Å². The molecular weight excluding hydrogens is 288 g/mol. The van der Waals surface area contributed by atoms with Gasteiger partial charge in [0.05, 0.1) is 24.5 Å². The Bertz CT molecular complexity index is 643. The zero-order valence-corrected chi connectivity index (χ0v) is 14.3. The Labute approximate surface area is 137 Å². The summed E-state index contributed by atoms with van der Waals surface area (Å²) in [4.78, 5) is 11.3. The molecule has 3 heterocycles. The van der Waals surface area contributed by atoms with Crippen LogP contribution in [0.4, 0.5) is 5.95 Å². The molecule has 0 saturated carbocycles. The molecule has 124 valence electrons. The highest BCUT2D eigenvalue weighted by Crippen LogP contribution is 2.15. The van der Waals surface area contributed by atoms with Crippen molar-refractivity contribution in [2.75, 3.05) is 18.4 Å². The van der Waals surface area contributed by atoms with Crippen LogP contribution in [0.2, 0.25) is 0 Å². The third-order valence-corrected chi connectivity index (χ3v) is 4.17. The van der Waals surface area contributed by atoms with Crippen LogP contribution in [0.3, 0.4) is 0 Å². The Morgan fingerprint density at radius 1 is 1.13 bits per heavy atom. The summed E-state index contributed by atoms with van der Waals surface area (Å²) in [6.45, 7) is 11.2. The van der Waals surface area contributed by atoms with E-state index in [-0.39, 0.29) is 0 Å². The van der Waals surface area contributed by atoms with Gasteiger partial charge in [0.25, 0.3) is 0 Å². The highest BCUT2D eigenvalue weighted by Gasteiger charge is 2.17. The number of hydrogen-bond donors (Lipinski definition) is 1. The molecule has 2 aromatic rings. The van der Waals surface area contributed by atoms with Gasteiger partial charge in [-0.25, -0.2) is 9.97 Å². The number of fused-ring (bicyclic) bond motifs is 1. The SMILES string of the molecule is CCCCN1CCn2nc(CNc3nc(C)cc(C)n3)cc2C1. The lowest BCUT2D eigenvalue weighted by Gasteiger charge is -2.27. The highest BCUT2D eigenvalue weighted by molar-refractivity contribution is 5.29. The van der Waals surface area contributed by atoms with Gasteiger partial charge in [-0.1, -0.05) is 13.3 Å². The Morgan fingerprint density at radius 2 is 1.91 bits per heavy atom. The van der Waals surface area contributed by atoms with Crippen LogP contribution < -0.4 is 5.32 Å². The van der Waals surface area contributed by atoms with Gasteiger partial charge in [-0.2, -0.15) is 5.10 Å². The molecule has 0 atom stereocenters. The van der Waals surface area contributed by atoms with E-state index >= 15 is 0 Å². The van der Waals surface area contributed by atoms with Crippen LogP contribution in [-0.2, 0) is 19.6 Å². The summed E-state index contributed by atoms with van der Waals surface area (Å²) in [6.07, 6.45) is 2.52. The Morgan fingerprint density at radius 3 is 2.65 bits per heavy atom. The average Bonchev–Trinajstić information content (AvgIpc) is 2.92. The minimum atomic E-state index is 0.665. The number of hydrogen-bond acceptors (Lipinski definition) is 5. The van der Waals surface area contributed by atoms with E-state index in [1.54, 1.807) is 0 Å². The molecule has 1 N–H and O–H groups in total. The summed E-state index contributed by atoms with van der Waals surface area (Å²) < 4.78 is 2.14. The maximum atomic E-state index is 4.70. The number of aryl methyl sites for hydroxylation is 2. The second-order valence-electron chi connectivity index (χ2n) is 6.31. The highest BCUT2D eigenvalue weighted by atomic mass is 15.3. The molecule has 0 fully saturated rings. The first-order valence-corrected chi connectivity index (χ1v) is 8.48. The van der Waals surface area contributed by atoms with E-state index in [1.165, 1.54) is 25.1 Å². The van der Waals surface area contributed by atoms with Crippen LogP contribution >= 0.6 is 0 Å². The first-order valence-electron chi connectivity index (χ1n) is 8.48. The van der Waals surface area contributed by atoms with Gasteiger partial charge >= 0.3 is 0 Å². The van der Waals surface area contributed by atoms with Gasteiger partial charge in [0, 0.05) is 24.5 Å². The fourth-order valence-electron chi connectivity index (χ4n) is 3.01. The Hall–Kier alpha value is -1.95. The number of nitrogens with zero attached hydrogens (tertiary/aromatic N) is 5. The van der Waals surface area contributed by atoms with E-state index in [4.69, 9.17) is 5.10 Å². The molecule has 1 aliphatic heterocycles. The van der Waals surface area contributed by atoms with Crippen LogP contribution in [0, 0.1) is 13.8 Å². The van der Waals surface area contributed by atoms with Gasteiger partial charge < -0.3 is 5.32 Å². The molecule has 0 unspecified atom stereocenters. The van der Waals surface area contributed by atoms with Gasteiger partial charge in [-0.15, -0.1) is 0 Å². The van der Waals surface area contributed by atoms with Gasteiger partial charge in [0.2, 0.25) is 5.95 Å². The lowest BCUT2D eigenvalue weighted by molar-refractivity contribution is 0.210. The van der Waals surface area contributed by atoms with Gasteiger partial charge in [0.1, 0.15) is 0 Å². The van der Waals surface area contributed by atoms with Crippen molar-refractivity contribution in [1.29, 1.82) is 0 Å². The van der Waals surface area contributed by atoms with Crippen molar-refractivity contribution in [1.82, 2.24) is 24.6 Å². The predicted molar refractivity (Wildman–Crippen MR) is 91.2 cm³/mol. The van der Waals surface area contributed by atoms with E-state index in [2.05, 4.69) is 37.9 Å². The smallest absolute Gasteiger partial charge is 0.223 e. The summed E-state index contributed by atoms with van der Waals surface area (Å²) in [6, 6.07) is 4.18. The molecule has 1 aliphatic rings. The number of nitrogens with one attached hydrogen (secondary N) is 1. The zero-order chi connectivity index (χ0) is 16.2. The van der Waals surface area contributed by atoms with Crippen LogP contribution in [-0.4, -0.2) is 37.7 Å². The Kier molecular flexibility index (Phi) is 4.91. The summed E-state index contributed by atoms with van der Waals surface area (Å²) in [7, 11) is 0. The molecule has 0 amide bonds. The summed E-state index contributed by atoms with van der Waals surface area (Å²) in [5.41, 5.74) is 4.33. The van der Waals surface area contributed by atoms with Gasteiger partial charge in [-0.05, 0) is 38.9 Å². The zero-order valence-electron chi connectivity index (χ0n) is 14.3. The van der Waals surface area contributed by atoms with E-state index in [0.717, 1.165) is 36.7 Å². The van der Waals surface area contributed by atoms with Crippen molar-refractivity contribution < 1.29 is 0 Å². The molecule has 0 aromatic carbocycles. The topological polar surface area (TPSA) is 58.9 Å². The molecule has 6 heteroatoms. The summed E-state index contributed by atoms with van der Waals surface area (Å²) >= 11 is 0. The maximum Gasteiger partial charge on any atom is 0.223 e. The minimum absolute atomic E-state index is 0.665. The van der Waals surface area contributed by atoms with Crippen molar-refractivity contribution in [3.05, 3.63) is 34.9 Å². The minimum Gasteiger partial charge on any atom is -0.348 e. The number of rotatable bonds is 6. The largest absolute Gasteiger partial charge is 0.348 e. The Balaban J connectivity index is 1.61. The average molecular weight is 314 g/mol. The van der Waals surface area contributed by atoms with Crippen LogP contribution in [0.15, 0.2) is 12.1 Å². The van der Waals surface area contributed by atoms with Crippen molar-refractivity contribution in [2.45, 2.75) is 53.2 Å². The summed E-state index contributed by atoms with van der Waals surface area (Å²) in [5.74, 6) is 0.679. The van der Waals surface area contributed by atoms with E-state index in [9.17, 15) is 0 Å². The third-order valence-electron chi connectivity index (χ3n) is 4.17. The standard InChI is InChI=1S/C17H26N6/c1-4-5-6-22-7-8-23-16(12-22)10-15(21-23)11-18-17-19-13(2)9-14(3)20-17/h9-10H,4-8,11-12H2,1-3H3,(H,18,19,20). The monoisotopic (exact) mass is 314 g/mol. The molecule has 6 nitrogen and oxygen atoms in total. The first-order chi connectivity index (χ1) is 11.1. The molecule has 3 rings (SSSR count). The van der Waals surface area contributed by atoms with Gasteiger partial charge in [-0.3, -0.25) is 9.58 Å². The third kappa shape index (κ3) is 4.07. The maximum absolute atomic E-state index is 4.70. The van der Waals surface area contributed by atoms with E-state index in [0.29, 0.717) is 12.5 Å². The van der Waals surface area contributed by atoms with Gasteiger partial charge in [0.15, 0.2) is 0 Å². The lowest BCUT2D eigenvalue weighted by Crippen LogP contribution is -2.34. The molecule has 0 spiro atoms. The van der Waals surface area contributed by atoms with E-state index in [1.807, 2.05) is 19.9 Å². The first kappa shape index (κ1) is 15.9. The number of unbranched alkanes of at least 4 members (excludes halogenated alkanes) is 1. The predicted octanol–water partition coefficient (Wildman–Crippen LogP) is 2.52. The van der Waals surface area contributed by atoms with Crippen LogP contribution in [0.1, 0.15) is 42.5 Å². The molecular formula is C17H26N6. The second-order valence-corrected chi connectivity index (χ2v) is 6.31. The fourth-order valence-corrected chi connectivity index (χ4v) is 3.01. The number of anilines is 1. The lowest BCUT2D eigenvalue weighted by atomic mass is 10.2. The molecule has 2 aromatic heterocycles. The van der Waals surface area contributed by atoms with Crippen molar-refractivity contribution >= 4 is 5.95 Å². The summed E-state index contributed by atoms with van der Waals surface area (Å²) in [5, 5.41) is 7.98. The van der Waals surface area contributed by atoms with Crippen molar-refractivity contribution in [3.8, 4) is 0 Å². The fraction of sp³-hybridized carbons (Fsp3) is 0.588. The quantitative estimate of drug-likeness (QED) is 0.888. The molecule has 23 heavy (non-hydrogen) atoms. The molecule has 0 radical (unpaired) electrons. The molecule has 0 aliphatic carbocycles. The molecule has 0 saturated heterocycles. The van der Waals surface area contributed by atoms with Crippen molar-refractivity contribution in [3.63, 3.8) is 0 Å². The molecule has 0 bridgehead atoms.